The Labute approximate surface area is 146 Å². The maximum absolute atomic E-state index is 9.63. The molecule has 0 saturated carbocycles. The molecule has 8 heteroatoms. The zero-order valence-electron chi connectivity index (χ0n) is 14.0. The molecule has 0 fully saturated rings. The number of nitrogens with one attached hydrogen (secondary N) is 1. The Kier molecular flexibility index (Phi) is 11.1. The van der Waals surface area contributed by atoms with Crippen LogP contribution in [-0.2, 0) is 9.59 Å². The van der Waals surface area contributed by atoms with E-state index >= 15 is 0 Å². The van der Waals surface area contributed by atoms with Crippen molar-refractivity contribution in [1.29, 1.82) is 5.26 Å². The van der Waals surface area contributed by atoms with Gasteiger partial charge < -0.3 is 35.0 Å². The van der Waals surface area contributed by atoms with Crippen LogP contribution in [0.5, 0.6) is 5.75 Å². The van der Waals surface area contributed by atoms with Gasteiger partial charge in [-0.25, -0.2) is 0 Å². The molecule has 0 aliphatic heterocycles. The van der Waals surface area contributed by atoms with E-state index in [9.17, 15) is 24.9 Å². The van der Waals surface area contributed by atoms with Crippen LogP contribution in [0.15, 0.2) is 36.4 Å². The summed E-state index contributed by atoms with van der Waals surface area (Å²) in [5, 5.41) is 40.3. The number of nitrogens with zero attached hydrogens (tertiary/aromatic N) is 1. The fourth-order valence-corrected chi connectivity index (χ4v) is 1.41. The van der Waals surface area contributed by atoms with Crippen LogP contribution in [0.1, 0.15) is 19.4 Å². The molecule has 0 aliphatic carbocycles. The highest BCUT2D eigenvalue weighted by Gasteiger charge is 2.06. The number of carbonyl (C=O) groups is 2. The average Bonchev–Trinajstić information content (AvgIpc) is 2.57. The van der Waals surface area contributed by atoms with E-state index in [4.69, 9.17) is 10.00 Å². The van der Waals surface area contributed by atoms with Gasteiger partial charge in [0.1, 0.15) is 18.5 Å². The van der Waals surface area contributed by atoms with Crippen LogP contribution in [0.25, 0.3) is 0 Å². The summed E-state index contributed by atoms with van der Waals surface area (Å²) in [6.45, 7) is 4.75. The summed E-state index contributed by atoms with van der Waals surface area (Å²) >= 11 is 0. The SMILES string of the molecule is CC(C)NCC(O)COc1cccc(C#N)c1.O=C([O-])/C=C/C(=O)[O-]. The van der Waals surface area contributed by atoms with Gasteiger partial charge >= 0.3 is 0 Å². The van der Waals surface area contributed by atoms with Crippen molar-refractivity contribution >= 4 is 11.9 Å². The summed E-state index contributed by atoms with van der Waals surface area (Å²) in [7, 11) is 0. The van der Waals surface area contributed by atoms with Gasteiger partial charge in [-0.3, -0.25) is 0 Å². The monoisotopic (exact) mass is 348 g/mol. The third-order valence-corrected chi connectivity index (χ3v) is 2.52. The molecule has 1 aromatic carbocycles. The average molecular weight is 348 g/mol. The summed E-state index contributed by atoms with van der Waals surface area (Å²) in [6.07, 6.45) is 0.216. The first-order valence-electron chi connectivity index (χ1n) is 7.39. The lowest BCUT2D eigenvalue weighted by molar-refractivity contribution is -0.301. The number of hydrogen-bond donors (Lipinski definition) is 2. The maximum Gasteiger partial charge on any atom is 0.120 e. The topological polar surface area (TPSA) is 146 Å². The molecule has 2 N–H and O–H groups in total. The molecule has 0 bridgehead atoms. The van der Waals surface area contributed by atoms with Crippen LogP contribution in [-0.4, -0.2) is 42.3 Å². The molecule has 0 aliphatic rings. The quantitative estimate of drug-likeness (QED) is 0.531. The zero-order chi connectivity index (χ0) is 19.2. The van der Waals surface area contributed by atoms with Gasteiger partial charge in [0.15, 0.2) is 0 Å². The fraction of sp³-hybridized carbons (Fsp3) is 0.353. The van der Waals surface area contributed by atoms with Gasteiger partial charge in [0, 0.05) is 12.6 Å². The van der Waals surface area contributed by atoms with Gasteiger partial charge in [0.2, 0.25) is 0 Å². The largest absolute Gasteiger partial charge is 0.545 e. The third-order valence-electron chi connectivity index (χ3n) is 2.52. The van der Waals surface area contributed by atoms with Crippen molar-refractivity contribution in [2.24, 2.45) is 0 Å². The van der Waals surface area contributed by atoms with Crippen LogP contribution >= 0.6 is 0 Å². The molecule has 1 atom stereocenters. The van der Waals surface area contributed by atoms with Gasteiger partial charge in [-0.05, 0) is 30.4 Å². The second-order valence-electron chi connectivity index (χ2n) is 5.14. The number of carbonyl (C=O) groups excluding carboxylic acids is 2. The minimum absolute atomic E-state index is 0.217. The molecule has 8 nitrogen and oxygen atoms in total. The fourth-order valence-electron chi connectivity index (χ4n) is 1.41. The number of nitriles is 1. The molecule has 0 saturated heterocycles. The molecule has 0 heterocycles. The molecule has 1 unspecified atom stereocenters. The van der Waals surface area contributed by atoms with Crippen molar-refractivity contribution in [1.82, 2.24) is 5.32 Å². The Morgan fingerprint density at radius 3 is 2.40 bits per heavy atom. The standard InChI is InChI=1S/C13H18N2O2.C4H4O4/c1-10(2)15-8-12(16)9-17-13-5-3-4-11(6-13)7-14;5-3(6)1-2-4(7)8/h3-6,10,12,15-16H,8-9H2,1-2H3;1-2H,(H,5,6)(H,7,8)/p-2/b;2-1+. The van der Waals surface area contributed by atoms with Crippen LogP contribution in [0.2, 0.25) is 0 Å². The number of carboxylic acid groups (broad SMARTS) is 2. The zero-order valence-corrected chi connectivity index (χ0v) is 14.0. The second-order valence-corrected chi connectivity index (χ2v) is 5.14. The highest BCUT2D eigenvalue weighted by molar-refractivity contribution is 5.87. The van der Waals surface area contributed by atoms with Gasteiger partial charge in [-0.2, -0.15) is 5.26 Å². The molecule has 1 rings (SSSR count). The van der Waals surface area contributed by atoms with E-state index in [1.807, 2.05) is 19.9 Å². The maximum atomic E-state index is 9.63. The number of ether oxygens (including phenoxy) is 1. The summed E-state index contributed by atoms with van der Waals surface area (Å²) in [5.41, 5.74) is 0.553. The van der Waals surface area contributed by atoms with Crippen molar-refractivity contribution in [3.63, 3.8) is 0 Å². The van der Waals surface area contributed by atoms with Gasteiger partial charge in [0.05, 0.1) is 23.6 Å². The lowest BCUT2D eigenvalue weighted by atomic mass is 10.2. The molecular formula is C17H20N2O6-2. The molecule has 136 valence electrons. The van der Waals surface area contributed by atoms with Gasteiger partial charge in [-0.15, -0.1) is 0 Å². The van der Waals surface area contributed by atoms with Crippen molar-refractivity contribution in [3.8, 4) is 11.8 Å². The van der Waals surface area contributed by atoms with Crippen LogP contribution < -0.4 is 20.3 Å². The molecule has 0 spiro atoms. The number of rotatable bonds is 8. The summed E-state index contributed by atoms with van der Waals surface area (Å²) in [4.78, 5) is 18.8. The van der Waals surface area contributed by atoms with Crippen LogP contribution in [0, 0.1) is 11.3 Å². The number of aliphatic hydroxyl groups is 1. The van der Waals surface area contributed by atoms with E-state index in [1.54, 1.807) is 24.3 Å². The van der Waals surface area contributed by atoms with Crippen molar-refractivity contribution in [3.05, 3.63) is 42.0 Å². The molecule has 0 radical (unpaired) electrons. The summed E-state index contributed by atoms with van der Waals surface area (Å²) in [6, 6.07) is 9.27. The van der Waals surface area contributed by atoms with E-state index in [1.165, 1.54) is 0 Å². The van der Waals surface area contributed by atoms with E-state index in [2.05, 4.69) is 5.32 Å². The smallest absolute Gasteiger partial charge is 0.120 e. The van der Waals surface area contributed by atoms with E-state index in [0.717, 1.165) is 0 Å². The first-order valence-corrected chi connectivity index (χ1v) is 7.39. The Hall–Kier alpha value is -2.89. The predicted octanol–water partition coefficient (Wildman–Crippen LogP) is -1.66. The Morgan fingerprint density at radius 2 is 1.92 bits per heavy atom. The normalized spacial score (nSPS) is 11.3. The van der Waals surface area contributed by atoms with Crippen molar-refractivity contribution in [2.75, 3.05) is 13.2 Å². The summed E-state index contributed by atoms with van der Waals surface area (Å²) in [5.74, 6) is -2.49. The first kappa shape index (κ1) is 22.1. The number of hydrogen-bond acceptors (Lipinski definition) is 8. The molecule has 25 heavy (non-hydrogen) atoms. The van der Waals surface area contributed by atoms with E-state index < -0.39 is 18.0 Å². The molecular weight excluding hydrogens is 328 g/mol. The number of carboxylic acids is 2. The highest BCUT2D eigenvalue weighted by Crippen LogP contribution is 2.12. The number of aliphatic carboxylic acids is 2. The lowest BCUT2D eigenvalue weighted by Gasteiger charge is -2.15. The highest BCUT2D eigenvalue weighted by atomic mass is 16.5. The first-order chi connectivity index (χ1) is 11.7. The van der Waals surface area contributed by atoms with Crippen LogP contribution in [0.3, 0.4) is 0 Å². The summed E-state index contributed by atoms with van der Waals surface area (Å²) < 4.78 is 5.40. The third kappa shape index (κ3) is 13.3. The van der Waals surface area contributed by atoms with Gasteiger partial charge in [0.25, 0.3) is 0 Å². The number of benzene rings is 1. The van der Waals surface area contributed by atoms with E-state index in [-0.39, 0.29) is 6.61 Å². The Bertz CT molecular complexity index is 606. The lowest BCUT2D eigenvalue weighted by Crippen LogP contribution is -2.35. The van der Waals surface area contributed by atoms with Gasteiger partial charge in [-0.1, -0.05) is 19.9 Å². The van der Waals surface area contributed by atoms with Crippen molar-refractivity contribution < 1.29 is 29.6 Å². The minimum Gasteiger partial charge on any atom is -0.545 e. The van der Waals surface area contributed by atoms with E-state index in [0.29, 0.717) is 36.1 Å². The van der Waals surface area contributed by atoms with Crippen LogP contribution in [0.4, 0.5) is 0 Å². The van der Waals surface area contributed by atoms with Crippen molar-refractivity contribution in [2.45, 2.75) is 26.0 Å². The molecule has 1 aromatic rings. The Morgan fingerprint density at radius 1 is 1.32 bits per heavy atom. The molecule has 0 amide bonds. The second kappa shape index (κ2) is 12.5. The Balaban J connectivity index is 0.000000609. The molecule has 0 aromatic heterocycles. The minimum atomic E-state index is -1.55. The predicted molar refractivity (Wildman–Crippen MR) is 85.0 cm³/mol. The number of aliphatic hydroxyl groups excluding tert-OH is 1.